The van der Waals surface area contributed by atoms with Gasteiger partial charge in [-0.05, 0) is 42.9 Å². The van der Waals surface area contributed by atoms with Crippen molar-refractivity contribution in [3.8, 4) is 0 Å². The molecule has 0 aliphatic heterocycles. The molecule has 0 spiro atoms. The van der Waals surface area contributed by atoms with E-state index < -0.39 is 0 Å². The summed E-state index contributed by atoms with van der Waals surface area (Å²) >= 11 is 0. The Hall–Kier alpha value is -0.300. The Morgan fingerprint density at radius 2 is 2.00 bits per heavy atom. The molecule has 1 saturated carbocycles. The maximum Gasteiger partial charge on any atom is 0.0724 e. The molecular weight excluding hydrogens is 172 g/mol. The van der Waals surface area contributed by atoms with Crippen molar-refractivity contribution in [1.29, 1.82) is 0 Å². The van der Waals surface area contributed by atoms with Gasteiger partial charge in [-0.2, -0.15) is 0 Å². The lowest BCUT2D eigenvalue weighted by molar-refractivity contribution is 0.169. The molecule has 1 nitrogen and oxygen atoms in total. The highest BCUT2D eigenvalue weighted by atomic mass is 16.3. The molecule has 14 heavy (non-hydrogen) atoms. The minimum atomic E-state index is -0.169. The Bertz CT molecular complexity index is 254. The molecule has 0 amide bonds. The van der Waals surface area contributed by atoms with Gasteiger partial charge in [0, 0.05) is 0 Å². The molecule has 1 fully saturated rings. The predicted molar refractivity (Wildman–Crippen MR) is 59.0 cm³/mol. The Balaban J connectivity index is 2.29. The van der Waals surface area contributed by atoms with Crippen molar-refractivity contribution < 1.29 is 5.11 Å². The van der Waals surface area contributed by atoms with Crippen molar-refractivity contribution in [3.63, 3.8) is 0 Å². The van der Waals surface area contributed by atoms with Crippen LogP contribution >= 0.6 is 0 Å². The Morgan fingerprint density at radius 3 is 2.64 bits per heavy atom. The van der Waals surface area contributed by atoms with Crippen LogP contribution < -0.4 is 0 Å². The molecule has 0 saturated heterocycles. The summed E-state index contributed by atoms with van der Waals surface area (Å²) in [7, 11) is 0. The molecule has 2 rings (SSSR count). The summed E-state index contributed by atoms with van der Waals surface area (Å²) in [6, 6.07) is 0. The van der Waals surface area contributed by atoms with E-state index in [9.17, 15) is 5.11 Å². The molecule has 0 heterocycles. The van der Waals surface area contributed by atoms with Crippen molar-refractivity contribution in [2.24, 2.45) is 17.3 Å². The Morgan fingerprint density at radius 1 is 1.36 bits per heavy atom. The maximum atomic E-state index is 9.69. The average Bonchev–Trinajstić information content (AvgIpc) is 2.43. The van der Waals surface area contributed by atoms with Gasteiger partial charge < -0.3 is 5.11 Å². The molecule has 3 atom stereocenters. The van der Waals surface area contributed by atoms with E-state index in [1.807, 2.05) is 0 Å². The summed E-state index contributed by atoms with van der Waals surface area (Å²) in [5.74, 6) is 1.46. The van der Waals surface area contributed by atoms with Gasteiger partial charge in [-0.3, -0.25) is 0 Å². The predicted octanol–water partition coefficient (Wildman–Crippen LogP) is 3.14. The lowest BCUT2D eigenvalue weighted by atomic mass is 9.72. The maximum absolute atomic E-state index is 9.69. The minimum Gasteiger partial charge on any atom is -0.389 e. The normalized spacial score (nSPS) is 42.5. The van der Waals surface area contributed by atoms with Crippen LogP contribution in [0.25, 0.3) is 0 Å². The highest BCUT2D eigenvalue weighted by molar-refractivity contribution is 5.26. The molecule has 0 aromatic rings. The van der Waals surface area contributed by atoms with Crippen LogP contribution in [0.15, 0.2) is 11.6 Å². The van der Waals surface area contributed by atoms with Crippen molar-refractivity contribution in [2.45, 2.75) is 52.6 Å². The second-order valence-corrected chi connectivity index (χ2v) is 5.68. The number of fused-ring (bicyclic) bond motifs is 1. The number of rotatable bonds is 1. The van der Waals surface area contributed by atoms with Crippen LogP contribution in [0.3, 0.4) is 0 Å². The molecule has 2 aliphatic rings. The van der Waals surface area contributed by atoms with Gasteiger partial charge in [-0.1, -0.05) is 32.4 Å². The van der Waals surface area contributed by atoms with Crippen LogP contribution in [0.1, 0.15) is 46.5 Å². The standard InChI is InChI=1S/C13H22O/c1-9(2)11-5-7-13(3)6-4-10(14)8-12(11)13/h8-11,14H,4-7H2,1-3H3/t10-,11+,13+/m0/s1. The zero-order valence-corrected chi connectivity index (χ0v) is 9.59. The Kier molecular flexibility index (Phi) is 2.46. The van der Waals surface area contributed by atoms with E-state index >= 15 is 0 Å². The lowest BCUT2D eigenvalue weighted by Crippen LogP contribution is -2.26. The average molecular weight is 194 g/mol. The third-order valence-corrected chi connectivity index (χ3v) is 4.27. The smallest absolute Gasteiger partial charge is 0.0724 e. The van der Waals surface area contributed by atoms with Crippen LogP contribution in [0, 0.1) is 17.3 Å². The van der Waals surface area contributed by atoms with Gasteiger partial charge in [0.05, 0.1) is 6.10 Å². The lowest BCUT2D eigenvalue weighted by Gasteiger charge is -2.34. The molecule has 2 aliphatic carbocycles. The first-order chi connectivity index (χ1) is 6.53. The highest BCUT2D eigenvalue weighted by Gasteiger charge is 2.43. The fourth-order valence-corrected chi connectivity index (χ4v) is 3.27. The fraction of sp³-hybridized carbons (Fsp3) is 0.846. The first kappa shape index (κ1) is 10.2. The highest BCUT2D eigenvalue weighted by Crippen LogP contribution is 2.53. The quantitative estimate of drug-likeness (QED) is 0.636. The third kappa shape index (κ3) is 1.52. The van der Waals surface area contributed by atoms with E-state index in [1.54, 1.807) is 5.57 Å². The van der Waals surface area contributed by atoms with Gasteiger partial charge in [-0.25, -0.2) is 0 Å². The van der Waals surface area contributed by atoms with Crippen LogP contribution in [0.4, 0.5) is 0 Å². The van der Waals surface area contributed by atoms with E-state index in [-0.39, 0.29) is 6.10 Å². The number of aliphatic hydroxyl groups excluding tert-OH is 1. The second kappa shape index (κ2) is 3.37. The van der Waals surface area contributed by atoms with Crippen molar-refractivity contribution >= 4 is 0 Å². The van der Waals surface area contributed by atoms with Gasteiger partial charge >= 0.3 is 0 Å². The van der Waals surface area contributed by atoms with Crippen molar-refractivity contribution in [3.05, 3.63) is 11.6 Å². The SMILES string of the molecule is CC(C)[C@H]1CC[C@@]2(C)CC[C@H](O)C=C12. The van der Waals surface area contributed by atoms with Gasteiger partial charge in [-0.15, -0.1) is 0 Å². The molecule has 0 aromatic heterocycles. The molecule has 80 valence electrons. The molecule has 0 aromatic carbocycles. The number of allylic oxidation sites excluding steroid dienone is 1. The zero-order chi connectivity index (χ0) is 10.3. The van der Waals surface area contributed by atoms with Crippen LogP contribution in [0.2, 0.25) is 0 Å². The van der Waals surface area contributed by atoms with Crippen LogP contribution in [-0.4, -0.2) is 11.2 Å². The van der Waals surface area contributed by atoms with Crippen LogP contribution in [0.5, 0.6) is 0 Å². The van der Waals surface area contributed by atoms with E-state index in [2.05, 4.69) is 26.8 Å². The number of hydrogen-bond acceptors (Lipinski definition) is 1. The van der Waals surface area contributed by atoms with E-state index in [4.69, 9.17) is 0 Å². The molecule has 1 N–H and O–H groups in total. The first-order valence-electron chi connectivity index (χ1n) is 5.93. The van der Waals surface area contributed by atoms with Crippen molar-refractivity contribution in [1.82, 2.24) is 0 Å². The second-order valence-electron chi connectivity index (χ2n) is 5.68. The van der Waals surface area contributed by atoms with Gasteiger partial charge in [0.25, 0.3) is 0 Å². The molecule has 1 heteroatoms. The fourth-order valence-electron chi connectivity index (χ4n) is 3.27. The summed E-state index contributed by atoms with van der Waals surface area (Å²) in [6.45, 7) is 6.99. The summed E-state index contributed by atoms with van der Waals surface area (Å²) in [5.41, 5.74) is 1.99. The van der Waals surface area contributed by atoms with Crippen molar-refractivity contribution in [2.75, 3.05) is 0 Å². The monoisotopic (exact) mass is 194 g/mol. The number of aliphatic hydroxyl groups is 1. The summed E-state index contributed by atoms with van der Waals surface area (Å²) in [5, 5.41) is 9.69. The molecule has 0 bridgehead atoms. The summed E-state index contributed by atoms with van der Waals surface area (Å²) in [4.78, 5) is 0. The molecule has 0 radical (unpaired) electrons. The largest absolute Gasteiger partial charge is 0.389 e. The minimum absolute atomic E-state index is 0.169. The molecular formula is C13H22O. The Labute approximate surface area is 87.2 Å². The van der Waals surface area contributed by atoms with E-state index in [1.165, 1.54) is 19.3 Å². The van der Waals surface area contributed by atoms with Gasteiger partial charge in [0.15, 0.2) is 0 Å². The summed E-state index contributed by atoms with van der Waals surface area (Å²) < 4.78 is 0. The van der Waals surface area contributed by atoms with Gasteiger partial charge in [0.1, 0.15) is 0 Å². The van der Waals surface area contributed by atoms with Gasteiger partial charge in [0.2, 0.25) is 0 Å². The zero-order valence-electron chi connectivity index (χ0n) is 9.59. The van der Waals surface area contributed by atoms with Crippen LogP contribution in [-0.2, 0) is 0 Å². The topological polar surface area (TPSA) is 20.2 Å². The van der Waals surface area contributed by atoms with E-state index in [0.29, 0.717) is 5.41 Å². The first-order valence-corrected chi connectivity index (χ1v) is 5.93. The molecule has 0 unspecified atom stereocenters. The third-order valence-electron chi connectivity index (χ3n) is 4.27. The number of hydrogen-bond donors (Lipinski definition) is 1. The summed E-state index contributed by atoms with van der Waals surface area (Å²) in [6.07, 6.45) is 6.79. The van der Waals surface area contributed by atoms with E-state index in [0.717, 1.165) is 18.3 Å².